The molecule has 0 aliphatic carbocycles. The maximum absolute atomic E-state index is 5.89. The van der Waals surface area contributed by atoms with Crippen molar-refractivity contribution in [3.05, 3.63) is 96.1 Å². The Morgan fingerprint density at radius 1 is 0.862 bits per heavy atom. The van der Waals surface area contributed by atoms with Crippen LogP contribution in [0.2, 0.25) is 0 Å². The fourth-order valence-corrected chi connectivity index (χ4v) is 4.19. The molecule has 0 bridgehead atoms. The smallest absolute Gasteiger partial charge is 0.129 e. The molecule has 1 heterocycles. The lowest BCUT2D eigenvalue weighted by Gasteiger charge is -2.18. The highest BCUT2D eigenvalue weighted by Crippen LogP contribution is 2.33. The van der Waals surface area contributed by atoms with Gasteiger partial charge in [-0.3, -0.25) is 0 Å². The largest absolute Gasteiger partial charge is 0.497 e. The van der Waals surface area contributed by atoms with E-state index >= 15 is 0 Å². The van der Waals surface area contributed by atoms with Crippen molar-refractivity contribution in [2.24, 2.45) is 4.99 Å². The van der Waals surface area contributed by atoms with Crippen molar-refractivity contribution in [1.29, 1.82) is 0 Å². The van der Waals surface area contributed by atoms with E-state index < -0.39 is 0 Å². The van der Waals surface area contributed by atoms with Crippen LogP contribution in [-0.2, 0) is 6.54 Å². The third-order valence-electron chi connectivity index (χ3n) is 4.89. The monoisotopic (exact) mass is 416 g/mol. The number of thiocarbonyl (C=S) groups is 2. The Labute approximate surface area is 181 Å². The lowest BCUT2D eigenvalue weighted by molar-refractivity contribution is 0.415. The first kappa shape index (κ1) is 19.4. The molecule has 0 amide bonds. The van der Waals surface area contributed by atoms with E-state index in [9.17, 15) is 0 Å². The van der Waals surface area contributed by atoms with Gasteiger partial charge in [-0.1, -0.05) is 85.1 Å². The predicted octanol–water partition coefficient (Wildman–Crippen LogP) is 5.72. The topological polar surface area (TPSA) is 24.8 Å². The zero-order chi connectivity index (χ0) is 20.2. The molecule has 1 saturated heterocycles. The van der Waals surface area contributed by atoms with Gasteiger partial charge < -0.3 is 9.64 Å². The van der Waals surface area contributed by atoms with Crippen molar-refractivity contribution in [2.45, 2.75) is 12.5 Å². The molecule has 1 aliphatic heterocycles. The molecule has 0 N–H and O–H groups in total. The SMILES string of the molecule is COc1ccc(N=C2C(=S)N(Cc3ccccc3)C(=S)C2c2ccccc2)cc1. The molecule has 1 atom stereocenters. The van der Waals surface area contributed by atoms with Crippen LogP contribution in [0.4, 0.5) is 5.69 Å². The van der Waals surface area contributed by atoms with Gasteiger partial charge in [0.15, 0.2) is 0 Å². The van der Waals surface area contributed by atoms with Crippen LogP contribution in [0, 0.1) is 0 Å². The van der Waals surface area contributed by atoms with E-state index in [0.717, 1.165) is 33.3 Å². The number of aliphatic imine (C=N–C) groups is 1. The average molecular weight is 417 g/mol. The highest BCUT2D eigenvalue weighted by Gasteiger charge is 2.39. The summed E-state index contributed by atoms with van der Waals surface area (Å²) in [5.74, 6) is 0.660. The van der Waals surface area contributed by atoms with E-state index in [1.807, 2.05) is 65.6 Å². The van der Waals surface area contributed by atoms with Gasteiger partial charge in [0.1, 0.15) is 10.7 Å². The summed E-state index contributed by atoms with van der Waals surface area (Å²) in [7, 11) is 1.65. The third-order valence-corrected chi connectivity index (χ3v) is 5.77. The second-order valence-electron chi connectivity index (χ2n) is 6.75. The molecule has 0 aromatic heterocycles. The number of likely N-dealkylation sites (tertiary alicyclic amines) is 1. The molecule has 3 aromatic carbocycles. The number of methoxy groups -OCH3 is 1. The van der Waals surface area contributed by atoms with Gasteiger partial charge in [0.05, 0.1) is 29.4 Å². The van der Waals surface area contributed by atoms with Crippen LogP contribution in [0.3, 0.4) is 0 Å². The van der Waals surface area contributed by atoms with Crippen LogP contribution >= 0.6 is 24.4 Å². The minimum atomic E-state index is -0.135. The standard InChI is InChI=1S/C24H20N2OS2/c1-27-20-14-12-19(13-15-20)25-22-21(18-10-6-3-7-11-18)23(28)26(24(22)29)16-17-8-4-2-5-9-17/h2-15,21H,16H2,1H3. The fourth-order valence-electron chi connectivity index (χ4n) is 3.40. The first-order chi connectivity index (χ1) is 14.2. The van der Waals surface area contributed by atoms with Crippen molar-refractivity contribution in [3.63, 3.8) is 0 Å². The molecule has 1 fully saturated rings. The number of rotatable bonds is 5. The van der Waals surface area contributed by atoms with E-state index in [0.29, 0.717) is 11.5 Å². The second-order valence-corrected chi connectivity index (χ2v) is 7.56. The van der Waals surface area contributed by atoms with Crippen molar-refractivity contribution in [1.82, 2.24) is 4.90 Å². The van der Waals surface area contributed by atoms with Gasteiger partial charge in [-0.05, 0) is 35.4 Å². The maximum atomic E-state index is 5.89. The van der Waals surface area contributed by atoms with Crippen LogP contribution in [0.1, 0.15) is 17.0 Å². The summed E-state index contributed by atoms with van der Waals surface area (Å²) in [5.41, 5.74) is 3.91. The summed E-state index contributed by atoms with van der Waals surface area (Å²) < 4.78 is 5.25. The van der Waals surface area contributed by atoms with Crippen LogP contribution < -0.4 is 4.74 Å². The molecule has 5 heteroatoms. The van der Waals surface area contributed by atoms with Crippen LogP contribution in [0.25, 0.3) is 0 Å². The van der Waals surface area contributed by atoms with Crippen LogP contribution in [-0.4, -0.2) is 27.7 Å². The number of benzene rings is 3. The Kier molecular flexibility index (Phi) is 5.79. The second kappa shape index (κ2) is 8.64. The van der Waals surface area contributed by atoms with Crippen molar-refractivity contribution < 1.29 is 4.74 Å². The lowest BCUT2D eigenvalue weighted by Crippen LogP contribution is -2.28. The molecule has 1 aliphatic rings. The zero-order valence-corrected chi connectivity index (χ0v) is 17.6. The number of ether oxygens (including phenoxy) is 1. The molecule has 29 heavy (non-hydrogen) atoms. The average Bonchev–Trinajstić information content (AvgIpc) is 3.00. The van der Waals surface area contributed by atoms with Crippen LogP contribution in [0.5, 0.6) is 5.75 Å². The van der Waals surface area contributed by atoms with E-state index in [1.54, 1.807) is 7.11 Å². The summed E-state index contributed by atoms with van der Waals surface area (Å²) in [4.78, 5) is 8.41. The van der Waals surface area contributed by atoms with Gasteiger partial charge in [0.2, 0.25) is 0 Å². The Bertz CT molecular complexity index is 1050. The summed E-state index contributed by atoms with van der Waals surface area (Å²) in [5, 5.41) is 0. The highest BCUT2D eigenvalue weighted by molar-refractivity contribution is 7.83. The number of hydrogen-bond acceptors (Lipinski definition) is 4. The van der Waals surface area contributed by atoms with Crippen molar-refractivity contribution in [3.8, 4) is 5.75 Å². The highest BCUT2D eigenvalue weighted by atomic mass is 32.1. The van der Waals surface area contributed by atoms with Crippen LogP contribution in [0.15, 0.2) is 89.9 Å². The molecule has 3 aromatic rings. The van der Waals surface area contributed by atoms with Gasteiger partial charge >= 0.3 is 0 Å². The molecule has 144 valence electrons. The molecule has 0 saturated carbocycles. The maximum Gasteiger partial charge on any atom is 0.129 e. The first-order valence-electron chi connectivity index (χ1n) is 9.34. The van der Waals surface area contributed by atoms with E-state index in [1.165, 1.54) is 0 Å². The Morgan fingerprint density at radius 2 is 1.48 bits per heavy atom. The fraction of sp³-hybridized carbons (Fsp3) is 0.125. The van der Waals surface area contributed by atoms with Gasteiger partial charge in [0, 0.05) is 6.54 Å². The third kappa shape index (κ3) is 4.11. The predicted molar refractivity (Wildman–Crippen MR) is 126 cm³/mol. The van der Waals surface area contributed by atoms with Crippen molar-refractivity contribution in [2.75, 3.05) is 7.11 Å². The molecule has 1 unspecified atom stereocenters. The minimum Gasteiger partial charge on any atom is -0.497 e. The summed E-state index contributed by atoms with van der Waals surface area (Å²) >= 11 is 11.7. The van der Waals surface area contributed by atoms with Gasteiger partial charge in [-0.2, -0.15) is 0 Å². The van der Waals surface area contributed by atoms with Gasteiger partial charge in [-0.15, -0.1) is 0 Å². The molecule has 0 radical (unpaired) electrons. The minimum absolute atomic E-state index is 0.135. The number of hydrogen-bond donors (Lipinski definition) is 0. The summed E-state index contributed by atoms with van der Waals surface area (Å²) in [6.07, 6.45) is 0. The molecule has 3 nitrogen and oxygen atoms in total. The first-order valence-corrected chi connectivity index (χ1v) is 10.2. The lowest BCUT2D eigenvalue weighted by atomic mass is 9.96. The summed E-state index contributed by atoms with van der Waals surface area (Å²) in [6, 6.07) is 28.1. The zero-order valence-electron chi connectivity index (χ0n) is 16.0. The summed E-state index contributed by atoms with van der Waals surface area (Å²) in [6.45, 7) is 0.642. The quantitative estimate of drug-likeness (QED) is 0.497. The normalized spacial score (nSPS) is 17.8. The molecule has 4 rings (SSSR count). The van der Waals surface area contributed by atoms with Gasteiger partial charge in [0.25, 0.3) is 0 Å². The molecule has 0 spiro atoms. The Hall–Kier alpha value is -2.89. The van der Waals surface area contributed by atoms with E-state index in [2.05, 4.69) is 24.3 Å². The van der Waals surface area contributed by atoms with E-state index in [4.69, 9.17) is 34.2 Å². The van der Waals surface area contributed by atoms with Gasteiger partial charge in [-0.25, -0.2) is 4.99 Å². The number of nitrogens with zero attached hydrogens (tertiary/aromatic N) is 2. The molecular formula is C24H20N2OS2. The Morgan fingerprint density at radius 3 is 2.10 bits per heavy atom. The van der Waals surface area contributed by atoms with E-state index in [-0.39, 0.29) is 5.92 Å². The Balaban J connectivity index is 1.74. The molecular weight excluding hydrogens is 396 g/mol. The van der Waals surface area contributed by atoms with Crippen molar-refractivity contribution >= 4 is 45.8 Å².